The summed E-state index contributed by atoms with van der Waals surface area (Å²) in [5.41, 5.74) is 2.49. The van der Waals surface area contributed by atoms with E-state index in [2.05, 4.69) is 55.0 Å². The number of aromatic nitrogens is 1. The van der Waals surface area contributed by atoms with Crippen LogP contribution >= 0.6 is 11.3 Å². The highest BCUT2D eigenvalue weighted by Crippen LogP contribution is 2.29. The van der Waals surface area contributed by atoms with Crippen molar-refractivity contribution in [1.29, 1.82) is 0 Å². The Labute approximate surface area is 135 Å². The van der Waals surface area contributed by atoms with E-state index < -0.39 is 0 Å². The van der Waals surface area contributed by atoms with Gasteiger partial charge in [0.05, 0.1) is 12.3 Å². The van der Waals surface area contributed by atoms with Crippen LogP contribution in [-0.2, 0) is 6.54 Å². The first kappa shape index (κ1) is 15.0. The minimum Gasteiger partial charge on any atom is -0.468 e. The lowest BCUT2D eigenvalue weighted by atomic mass is 10.1. The maximum atomic E-state index is 5.49. The Morgan fingerprint density at radius 3 is 2.77 bits per heavy atom. The molecule has 3 aromatic rings. The Morgan fingerprint density at radius 2 is 2.05 bits per heavy atom. The molecule has 0 fully saturated rings. The molecule has 0 saturated carbocycles. The molecule has 0 saturated heterocycles. The molecule has 0 aliphatic heterocycles. The van der Waals surface area contributed by atoms with Crippen LogP contribution in [0, 0.1) is 6.92 Å². The van der Waals surface area contributed by atoms with E-state index in [9.17, 15) is 0 Å². The van der Waals surface area contributed by atoms with Gasteiger partial charge in [-0.1, -0.05) is 24.3 Å². The van der Waals surface area contributed by atoms with Crippen LogP contribution in [0.1, 0.15) is 29.2 Å². The average Bonchev–Trinajstić information content (AvgIpc) is 3.18. The Balaban J connectivity index is 1.73. The molecule has 3 nitrogen and oxygen atoms in total. The Morgan fingerprint density at radius 1 is 1.23 bits per heavy atom. The first-order valence-electron chi connectivity index (χ1n) is 7.39. The number of hydrogen-bond acceptors (Lipinski definition) is 4. The van der Waals surface area contributed by atoms with Crippen molar-refractivity contribution in [3.05, 3.63) is 65.1 Å². The second kappa shape index (κ2) is 6.46. The van der Waals surface area contributed by atoms with Crippen LogP contribution in [0.4, 0.5) is 0 Å². The SMILES string of the molecule is Cc1ccccc1-c1ncc(CN(C)[C@@H](C)c2ccco2)s1. The van der Waals surface area contributed by atoms with E-state index in [-0.39, 0.29) is 6.04 Å². The number of furan rings is 1. The number of rotatable bonds is 5. The molecule has 2 aromatic heterocycles. The minimum absolute atomic E-state index is 0.249. The molecule has 0 spiro atoms. The van der Waals surface area contributed by atoms with Crippen molar-refractivity contribution in [3.8, 4) is 10.6 Å². The summed E-state index contributed by atoms with van der Waals surface area (Å²) in [6.45, 7) is 5.15. The van der Waals surface area contributed by atoms with Gasteiger partial charge in [0.1, 0.15) is 10.8 Å². The van der Waals surface area contributed by atoms with Gasteiger partial charge in [0.15, 0.2) is 0 Å². The number of hydrogen-bond donors (Lipinski definition) is 0. The van der Waals surface area contributed by atoms with Crippen molar-refractivity contribution in [1.82, 2.24) is 9.88 Å². The minimum atomic E-state index is 0.249. The third-order valence-corrected chi connectivity index (χ3v) is 4.97. The molecule has 0 N–H and O–H groups in total. The van der Waals surface area contributed by atoms with Crippen LogP contribution in [0.3, 0.4) is 0 Å². The summed E-state index contributed by atoms with van der Waals surface area (Å²) in [5.74, 6) is 0.992. The number of aryl methyl sites for hydroxylation is 1. The predicted molar refractivity (Wildman–Crippen MR) is 90.9 cm³/mol. The van der Waals surface area contributed by atoms with Gasteiger partial charge in [-0.05, 0) is 38.6 Å². The fourth-order valence-corrected chi connectivity index (χ4v) is 3.51. The van der Waals surface area contributed by atoms with Gasteiger partial charge < -0.3 is 4.42 Å². The van der Waals surface area contributed by atoms with Crippen molar-refractivity contribution >= 4 is 11.3 Å². The van der Waals surface area contributed by atoms with Gasteiger partial charge in [-0.25, -0.2) is 4.98 Å². The number of thiazole rings is 1. The van der Waals surface area contributed by atoms with Crippen molar-refractivity contribution in [3.63, 3.8) is 0 Å². The highest BCUT2D eigenvalue weighted by atomic mass is 32.1. The predicted octanol–water partition coefficient (Wildman–Crippen LogP) is 4.90. The molecule has 0 unspecified atom stereocenters. The summed E-state index contributed by atoms with van der Waals surface area (Å²) in [5, 5.41) is 1.09. The third kappa shape index (κ3) is 3.13. The highest BCUT2D eigenvalue weighted by Gasteiger charge is 2.16. The third-order valence-electron chi connectivity index (χ3n) is 3.95. The van der Waals surface area contributed by atoms with Crippen LogP contribution in [-0.4, -0.2) is 16.9 Å². The molecule has 0 radical (unpaired) electrons. The van der Waals surface area contributed by atoms with Crippen LogP contribution in [0.2, 0.25) is 0 Å². The summed E-state index contributed by atoms with van der Waals surface area (Å²) < 4.78 is 5.49. The van der Waals surface area contributed by atoms with Gasteiger partial charge in [0.2, 0.25) is 0 Å². The highest BCUT2D eigenvalue weighted by molar-refractivity contribution is 7.15. The molecule has 2 heterocycles. The lowest BCUT2D eigenvalue weighted by molar-refractivity contribution is 0.225. The molecule has 0 amide bonds. The first-order chi connectivity index (χ1) is 10.6. The van der Waals surface area contributed by atoms with E-state index in [0.717, 1.165) is 17.3 Å². The van der Waals surface area contributed by atoms with Crippen molar-refractivity contribution < 1.29 is 4.42 Å². The van der Waals surface area contributed by atoms with E-state index in [1.54, 1.807) is 17.6 Å². The van der Waals surface area contributed by atoms with Crippen LogP contribution in [0.5, 0.6) is 0 Å². The molecule has 0 aliphatic rings. The Kier molecular flexibility index (Phi) is 4.41. The van der Waals surface area contributed by atoms with Gasteiger partial charge in [-0.2, -0.15) is 0 Å². The van der Waals surface area contributed by atoms with Crippen molar-refractivity contribution in [2.45, 2.75) is 26.4 Å². The van der Waals surface area contributed by atoms with Crippen LogP contribution in [0.25, 0.3) is 10.6 Å². The molecule has 1 aromatic carbocycles. The molecular weight excluding hydrogens is 292 g/mol. The summed E-state index contributed by atoms with van der Waals surface area (Å²) in [6, 6.07) is 12.6. The zero-order chi connectivity index (χ0) is 15.5. The zero-order valence-corrected chi connectivity index (χ0v) is 13.9. The molecular formula is C18H20N2OS. The van der Waals surface area contributed by atoms with E-state index in [4.69, 9.17) is 4.42 Å². The topological polar surface area (TPSA) is 29.3 Å². The molecule has 22 heavy (non-hydrogen) atoms. The second-order valence-electron chi connectivity index (χ2n) is 5.55. The molecule has 4 heteroatoms. The van der Waals surface area contributed by atoms with Gasteiger partial charge in [-0.15, -0.1) is 11.3 Å². The van der Waals surface area contributed by atoms with Crippen LogP contribution < -0.4 is 0 Å². The number of benzene rings is 1. The van der Waals surface area contributed by atoms with E-state index in [0.29, 0.717) is 0 Å². The monoisotopic (exact) mass is 312 g/mol. The summed E-state index contributed by atoms with van der Waals surface area (Å²) in [7, 11) is 2.11. The zero-order valence-electron chi connectivity index (χ0n) is 13.1. The Bertz CT molecular complexity index is 733. The second-order valence-corrected chi connectivity index (χ2v) is 6.67. The first-order valence-corrected chi connectivity index (χ1v) is 8.21. The fourth-order valence-electron chi connectivity index (χ4n) is 2.45. The molecule has 3 rings (SSSR count). The van der Waals surface area contributed by atoms with E-state index in [1.165, 1.54) is 16.0 Å². The van der Waals surface area contributed by atoms with Crippen molar-refractivity contribution in [2.75, 3.05) is 7.05 Å². The summed E-state index contributed by atoms with van der Waals surface area (Å²) in [6.07, 6.45) is 3.71. The lowest BCUT2D eigenvalue weighted by Gasteiger charge is -2.21. The van der Waals surface area contributed by atoms with Gasteiger partial charge in [0.25, 0.3) is 0 Å². The van der Waals surface area contributed by atoms with E-state index in [1.807, 2.05) is 18.3 Å². The smallest absolute Gasteiger partial charge is 0.123 e. The lowest BCUT2D eigenvalue weighted by Crippen LogP contribution is -2.20. The largest absolute Gasteiger partial charge is 0.468 e. The maximum absolute atomic E-state index is 5.49. The maximum Gasteiger partial charge on any atom is 0.123 e. The molecule has 0 aliphatic carbocycles. The van der Waals surface area contributed by atoms with Gasteiger partial charge in [0, 0.05) is 23.2 Å². The quantitative estimate of drug-likeness (QED) is 0.670. The molecule has 0 bridgehead atoms. The summed E-state index contributed by atoms with van der Waals surface area (Å²) >= 11 is 1.76. The standard InChI is InChI=1S/C18H20N2OS/c1-13-7-4-5-8-16(13)18-19-11-15(22-18)12-20(3)14(2)17-9-6-10-21-17/h4-11,14H,12H2,1-3H3/t14-/m0/s1. The number of nitrogens with zero attached hydrogens (tertiary/aromatic N) is 2. The average molecular weight is 312 g/mol. The van der Waals surface area contributed by atoms with Crippen LogP contribution in [0.15, 0.2) is 53.3 Å². The van der Waals surface area contributed by atoms with Gasteiger partial charge >= 0.3 is 0 Å². The summed E-state index contributed by atoms with van der Waals surface area (Å²) in [4.78, 5) is 8.13. The van der Waals surface area contributed by atoms with Crippen molar-refractivity contribution in [2.24, 2.45) is 0 Å². The Hall–Kier alpha value is -1.91. The van der Waals surface area contributed by atoms with E-state index >= 15 is 0 Å². The van der Waals surface area contributed by atoms with Gasteiger partial charge in [-0.3, -0.25) is 4.90 Å². The normalized spacial score (nSPS) is 12.7. The molecule has 114 valence electrons. The fraction of sp³-hybridized carbons (Fsp3) is 0.278. The molecule has 1 atom stereocenters.